The monoisotopic (exact) mass is 334 g/mol. The highest BCUT2D eigenvalue weighted by molar-refractivity contribution is 7.13. The summed E-state index contributed by atoms with van der Waals surface area (Å²) in [6, 6.07) is 3.03. The van der Waals surface area contributed by atoms with Crippen LogP contribution in [0.1, 0.15) is 0 Å². The van der Waals surface area contributed by atoms with Crippen LogP contribution in [0.25, 0.3) is 0 Å². The summed E-state index contributed by atoms with van der Waals surface area (Å²) in [6.07, 6.45) is 3.28. The van der Waals surface area contributed by atoms with Crippen molar-refractivity contribution in [2.75, 3.05) is 38.0 Å². The van der Waals surface area contributed by atoms with Crippen LogP contribution in [0.4, 0.5) is 9.93 Å². The van der Waals surface area contributed by atoms with Gasteiger partial charge in [-0.1, -0.05) is 0 Å². The predicted octanol–water partition coefficient (Wildman–Crippen LogP) is 0.549. The Morgan fingerprint density at radius 2 is 2.04 bits per heavy atom. The lowest BCUT2D eigenvalue weighted by atomic mass is 10.3. The molecule has 1 N–H and O–H groups in total. The first-order chi connectivity index (χ1) is 11.2. The Bertz CT molecular complexity index is 693. The minimum Gasteiger partial charge on any atom is -0.322 e. The molecule has 0 unspecified atom stereocenters. The summed E-state index contributed by atoms with van der Waals surface area (Å²) in [5.74, 6) is 0. The van der Waals surface area contributed by atoms with Crippen LogP contribution >= 0.6 is 11.3 Å². The maximum atomic E-state index is 12.1. The van der Waals surface area contributed by atoms with Crippen LogP contribution in [0.2, 0.25) is 0 Å². The first-order valence-corrected chi connectivity index (χ1v) is 8.30. The number of nitrogens with one attached hydrogen (secondary N) is 1. The number of nitrogens with zero attached hydrogens (tertiary/aromatic N) is 5. The molecule has 2 amide bonds. The number of carbonyl (C=O) groups is 1. The molecule has 0 bridgehead atoms. The van der Waals surface area contributed by atoms with Gasteiger partial charge in [-0.2, -0.15) is 5.10 Å². The van der Waals surface area contributed by atoms with Crippen molar-refractivity contribution in [3.63, 3.8) is 0 Å². The lowest BCUT2D eigenvalue weighted by Gasteiger charge is -2.34. The molecule has 3 rings (SSSR count). The Balaban J connectivity index is 1.44. The van der Waals surface area contributed by atoms with Gasteiger partial charge in [-0.05, 0) is 6.07 Å². The highest BCUT2D eigenvalue weighted by Crippen LogP contribution is 2.12. The Morgan fingerprint density at radius 3 is 2.74 bits per heavy atom. The molecule has 9 heteroatoms. The van der Waals surface area contributed by atoms with Crippen molar-refractivity contribution in [1.29, 1.82) is 0 Å². The van der Waals surface area contributed by atoms with Crippen LogP contribution in [-0.4, -0.2) is 63.3 Å². The quantitative estimate of drug-likeness (QED) is 0.883. The smallest absolute Gasteiger partial charge is 0.322 e. The van der Waals surface area contributed by atoms with E-state index in [9.17, 15) is 9.59 Å². The molecule has 23 heavy (non-hydrogen) atoms. The second-order valence-corrected chi connectivity index (χ2v) is 6.08. The van der Waals surface area contributed by atoms with Gasteiger partial charge in [0.2, 0.25) is 0 Å². The third kappa shape index (κ3) is 4.14. The molecule has 1 fully saturated rings. The third-order valence-electron chi connectivity index (χ3n) is 3.72. The van der Waals surface area contributed by atoms with Crippen LogP contribution in [0.5, 0.6) is 0 Å². The third-order valence-corrected chi connectivity index (χ3v) is 4.41. The zero-order valence-corrected chi connectivity index (χ0v) is 13.4. The van der Waals surface area contributed by atoms with Gasteiger partial charge in [0.1, 0.15) is 0 Å². The van der Waals surface area contributed by atoms with Gasteiger partial charge in [-0.15, -0.1) is 11.3 Å². The van der Waals surface area contributed by atoms with E-state index in [1.165, 1.54) is 22.1 Å². The number of hydrogen-bond donors (Lipinski definition) is 1. The summed E-state index contributed by atoms with van der Waals surface area (Å²) in [4.78, 5) is 31.8. The van der Waals surface area contributed by atoms with Gasteiger partial charge in [0.15, 0.2) is 5.13 Å². The fourth-order valence-electron chi connectivity index (χ4n) is 2.42. The van der Waals surface area contributed by atoms with E-state index in [1.54, 1.807) is 23.4 Å². The minimum atomic E-state index is -0.111. The lowest BCUT2D eigenvalue weighted by molar-refractivity contribution is 0.143. The zero-order chi connectivity index (χ0) is 16.1. The summed E-state index contributed by atoms with van der Waals surface area (Å²) >= 11 is 1.40. The number of hydrogen-bond acceptors (Lipinski definition) is 6. The fraction of sp³-hybridized carbons (Fsp3) is 0.429. The van der Waals surface area contributed by atoms with Crippen molar-refractivity contribution < 1.29 is 4.79 Å². The van der Waals surface area contributed by atoms with Crippen molar-refractivity contribution in [1.82, 2.24) is 24.6 Å². The van der Waals surface area contributed by atoms with Crippen LogP contribution in [0, 0.1) is 0 Å². The van der Waals surface area contributed by atoms with E-state index in [1.807, 2.05) is 5.38 Å². The molecule has 0 atom stereocenters. The SMILES string of the molecule is O=C(Nc1nccs1)N1CCN(CCn2ncccc2=O)CC1. The molecular formula is C14H18N6O2S. The summed E-state index contributed by atoms with van der Waals surface area (Å²) < 4.78 is 1.46. The van der Waals surface area contributed by atoms with Crippen LogP contribution in [0.15, 0.2) is 34.7 Å². The molecule has 2 aromatic heterocycles. The summed E-state index contributed by atoms with van der Waals surface area (Å²) in [5.41, 5.74) is -0.0889. The molecule has 3 heterocycles. The largest absolute Gasteiger partial charge is 0.323 e. The number of aromatic nitrogens is 3. The molecule has 1 aliphatic rings. The molecule has 122 valence electrons. The van der Waals surface area contributed by atoms with Crippen molar-refractivity contribution in [2.24, 2.45) is 0 Å². The Kier molecular flexibility index (Phi) is 4.99. The van der Waals surface area contributed by atoms with Gasteiger partial charge in [-0.25, -0.2) is 14.5 Å². The van der Waals surface area contributed by atoms with Crippen LogP contribution < -0.4 is 10.9 Å². The molecule has 1 saturated heterocycles. The Hall–Kier alpha value is -2.26. The van der Waals surface area contributed by atoms with Crippen molar-refractivity contribution >= 4 is 22.5 Å². The van der Waals surface area contributed by atoms with E-state index in [0.717, 1.165) is 19.6 Å². The maximum absolute atomic E-state index is 12.1. The topological polar surface area (TPSA) is 83.4 Å². The number of amides is 2. The predicted molar refractivity (Wildman–Crippen MR) is 87.6 cm³/mol. The second kappa shape index (κ2) is 7.34. The first-order valence-electron chi connectivity index (χ1n) is 7.42. The van der Waals surface area contributed by atoms with E-state index in [2.05, 4.69) is 20.3 Å². The normalized spacial score (nSPS) is 15.6. The molecule has 0 saturated carbocycles. The van der Waals surface area contributed by atoms with Crippen molar-refractivity contribution in [3.8, 4) is 0 Å². The van der Waals surface area contributed by atoms with Gasteiger partial charge >= 0.3 is 6.03 Å². The van der Waals surface area contributed by atoms with Crippen molar-refractivity contribution in [3.05, 3.63) is 40.3 Å². The van der Waals surface area contributed by atoms with Gasteiger partial charge in [0, 0.05) is 56.6 Å². The first kappa shape index (κ1) is 15.6. The second-order valence-electron chi connectivity index (χ2n) is 5.18. The van der Waals surface area contributed by atoms with E-state index < -0.39 is 0 Å². The van der Waals surface area contributed by atoms with Crippen molar-refractivity contribution in [2.45, 2.75) is 6.54 Å². The van der Waals surface area contributed by atoms with E-state index in [-0.39, 0.29) is 11.6 Å². The van der Waals surface area contributed by atoms with Crippen LogP contribution in [-0.2, 0) is 6.54 Å². The zero-order valence-electron chi connectivity index (χ0n) is 12.6. The molecule has 0 radical (unpaired) electrons. The molecule has 0 aromatic carbocycles. The number of anilines is 1. The average molecular weight is 334 g/mol. The fourth-order valence-corrected chi connectivity index (χ4v) is 2.94. The number of carbonyl (C=O) groups excluding carboxylic acids is 1. The van der Waals surface area contributed by atoms with Crippen LogP contribution in [0.3, 0.4) is 0 Å². The number of thiazole rings is 1. The van der Waals surface area contributed by atoms with E-state index in [4.69, 9.17) is 0 Å². The lowest BCUT2D eigenvalue weighted by Crippen LogP contribution is -2.50. The number of piperazine rings is 1. The summed E-state index contributed by atoms with van der Waals surface area (Å²) in [7, 11) is 0. The maximum Gasteiger partial charge on any atom is 0.323 e. The molecular weight excluding hydrogens is 316 g/mol. The molecule has 2 aromatic rings. The number of urea groups is 1. The highest BCUT2D eigenvalue weighted by Gasteiger charge is 2.21. The molecule has 0 spiro atoms. The highest BCUT2D eigenvalue weighted by atomic mass is 32.1. The molecule has 0 aliphatic carbocycles. The molecule has 1 aliphatic heterocycles. The standard InChI is InChI=1S/C14H18N6O2S/c21-12-2-1-3-16-20(12)10-7-18-5-8-19(9-6-18)14(22)17-13-15-4-11-23-13/h1-4,11H,5-10H2,(H,15,17,22). The molecule has 8 nitrogen and oxygen atoms in total. The summed E-state index contributed by atoms with van der Waals surface area (Å²) in [6.45, 7) is 4.20. The van der Waals surface area contributed by atoms with Gasteiger partial charge in [0.05, 0.1) is 6.54 Å². The van der Waals surface area contributed by atoms with E-state index >= 15 is 0 Å². The summed E-state index contributed by atoms with van der Waals surface area (Å²) in [5, 5.41) is 9.28. The van der Waals surface area contributed by atoms with Gasteiger partial charge in [0.25, 0.3) is 5.56 Å². The van der Waals surface area contributed by atoms with Gasteiger partial charge < -0.3 is 4.90 Å². The van der Waals surface area contributed by atoms with Gasteiger partial charge in [-0.3, -0.25) is 15.0 Å². The average Bonchev–Trinajstić information content (AvgIpc) is 3.07. The number of rotatable bonds is 4. The Morgan fingerprint density at radius 1 is 1.22 bits per heavy atom. The minimum absolute atomic E-state index is 0.0889. The van der Waals surface area contributed by atoms with E-state index in [0.29, 0.717) is 24.8 Å². The Labute approximate surface area is 137 Å².